The van der Waals surface area contributed by atoms with Crippen LogP contribution in [0, 0.1) is 11.7 Å². The third-order valence-corrected chi connectivity index (χ3v) is 7.04. The van der Waals surface area contributed by atoms with Crippen molar-refractivity contribution in [1.29, 1.82) is 0 Å². The molecule has 5 heteroatoms. The van der Waals surface area contributed by atoms with Crippen molar-refractivity contribution in [2.24, 2.45) is 11.7 Å². The predicted octanol–water partition coefficient (Wildman–Crippen LogP) is 4.53. The van der Waals surface area contributed by atoms with Crippen molar-refractivity contribution >= 4 is 5.91 Å². The number of primary amides is 1. The molecule has 2 atom stereocenters. The Hall–Kier alpha value is -3.18. The second-order valence-electron chi connectivity index (χ2n) is 9.30. The third kappa shape index (κ3) is 4.79. The van der Waals surface area contributed by atoms with E-state index >= 15 is 0 Å². The SMILES string of the molecule is C[N@@+]1(CCCOc2cccc(F)c2)CCC(C(C(N)=O)(c2ccccc2)c2ccccc2)C1. The maximum Gasteiger partial charge on any atom is 0.233 e. The van der Waals surface area contributed by atoms with E-state index in [4.69, 9.17) is 10.5 Å². The van der Waals surface area contributed by atoms with Crippen molar-refractivity contribution in [3.8, 4) is 5.75 Å². The van der Waals surface area contributed by atoms with E-state index in [0.29, 0.717) is 12.4 Å². The van der Waals surface area contributed by atoms with Gasteiger partial charge in [0, 0.05) is 24.8 Å². The molecule has 1 saturated heterocycles. The number of carbonyl (C=O) groups excluding carboxylic acids is 1. The van der Waals surface area contributed by atoms with Crippen LogP contribution >= 0.6 is 0 Å². The standard InChI is InChI=1S/C28H31FN2O2/c1-31(17-9-19-33-26-15-8-14-25(29)20-26)18-16-24(21-31)28(27(30)32,22-10-4-2-5-11-22)23-12-6-3-7-13-23/h2-8,10-15,20,24H,9,16-19,21H2,1H3,(H-,30,32)/p+1/t24?,31-/m1/s1. The summed E-state index contributed by atoms with van der Waals surface area (Å²) in [5.41, 5.74) is 7.25. The Balaban J connectivity index is 1.52. The van der Waals surface area contributed by atoms with E-state index in [9.17, 15) is 9.18 Å². The van der Waals surface area contributed by atoms with E-state index in [0.717, 1.165) is 48.1 Å². The molecular weight excluding hydrogens is 415 g/mol. The number of nitrogens with two attached hydrogens (primary N) is 1. The van der Waals surface area contributed by atoms with Gasteiger partial charge in [-0.3, -0.25) is 4.79 Å². The maximum atomic E-state index is 13.4. The Kier molecular flexibility index (Phi) is 6.80. The minimum atomic E-state index is -0.864. The van der Waals surface area contributed by atoms with E-state index in [-0.39, 0.29) is 17.6 Å². The smallest absolute Gasteiger partial charge is 0.233 e. The van der Waals surface area contributed by atoms with Crippen molar-refractivity contribution in [1.82, 2.24) is 0 Å². The number of nitrogens with zero attached hydrogens (tertiary/aromatic N) is 1. The zero-order valence-electron chi connectivity index (χ0n) is 19.1. The molecule has 0 aliphatic carbocycles. The molecule has 1 aliphatic rings. The molecule has 0 bridgehead atoms. The zero-order chi connectivity index (χ0) is 23.3. The third-order valence-electron chi connectivity index (χ3n) is 7.04. The van der Waals surface area contributed by atoms with Crippen LogP contribution in [-0.2, 0) is 10.2 Å². The fourth-order valence-corrected chi connectivity index (χ4v) is 5.46. The number of ether oxygens (including phenoxy) is 1. The van der Waals surface area contributed by atoms with Crippen molar-refractivity contribution in [2.75, 3.05) is 33.3 Å². The van der Waals surface area contributed by atoms with Crippen molar-refractivity contribution in [2.45, 2.75) is 18.3 Å². The van der Waals surface area contributed by atoms with Gasteiger partial charge in [-0.1, -0.05) is 66.7 Å². The molecule has 2 N–H and O–H groups in total. The number of quaternary nitrogens is 1. The Morgan fingerprint density at radius 2 is 1.67 bits per heavy atom. The summed E-state index contributed by atoms with van der Waals surface area (Å²) in [6, 6.07) is 26.2. The van der Waals surface area contributed by atoms with Gasteiger partial charge in [-0.2, -0.15) is 0 Å². The quantitative estimate of drug-likeness (QED) is 0.387. The molecule has 4 nitrogen and oxygen atoms in total. The summed E-state index contributed by atoms with van der Waals surface area (Å²) in [7, 11) is 2.24. The highest BCUT2D eigenvalue weighted by Gasteiger charge is 2.53. The average Bonchev–Trinajstić information content (AvgIpc) is 3.21. The van der Waals surface area contributed by atoms with Crippen molar-refractivity contribution < 1.29 is 18.4 Å². The van der Waals surface area contributed by atoms with Crippen LogP contribution in [0.3, 0.4) is 0 Å². The van der Waals surface area contributed by atoms with E-state index in [2.05, 4.69) is 7.05 Å². The molecular formula is C28H32FN2O2+. The maximum absolute atomic E-state index is 13.4. The molecule has 1 amide bonds. The fraction of sp³-hybridized carbons (Fsp3) is 0.321. The highest BCUT2D eigenvalue weighted by atomic mass is 19.1. The van der Waals surface area contributed by atoms with Gasteiger partial charge in [0.25, 0.3) is 0 Å². The highest BCUT2D eigenvalue weighted by molar-refractivity contribution is 5.91. The number of likely N-dealkylation sites (tertiary alicyclic amines) is 1. The number of hydrogen-bond acceptors (Lipinski definition) is 2. The fourth-order valence-electron chi connectivity index (χ4n) is 5.46. The van der Waals surface area contributed by atoms with Gasteiger partial charge in [0.1, 0.15) is 17.0 Å². The molecule has 3 aromatic carbocycles. The topological polar surface area (TPSA) is 52.3 Å². The molecule has 1 fully saturated rings. The second kappa shape index (κ2) is 9.75. The molecule has 4 rings (SSSR count). The van der Waals surface area contributed by atoms with Gasteiger partial charge in [0.15, 0.2) is 0 Å². The van der Waals surface area contributed by atoms with E-state index in [1.54, 1.807) is 12.1 Å². The average molecular weight is 448 g/mol. The van der Waals surface area contributed by atoms with Gasteiger partial charge in [-0.05, 0) is 23.3 Å². The Labute approximate surface area is 195 Å². The molecule has 172 valence electrons. The minimum absolute atomic E-state index is 0.0916. The van der Waals surface area contributed by atoms with Gasteiger partial charge >= 0.3 is 0 Å². The molecule has 1 aliphatic heterocycles. The summed E-state index contributed by atoms with van der Waals surface area (Å²) in [5, 5.41) is 0. The number of benzene rings is 3. The Morgan fingerprint density at radius 1 is 1.03 bits per heavy atom. The Bertz CT molecular complexity index is 1030. The van der Waals surface area contributed by atoms with Crippen LogP contribution in [0.5, 0.6) is 5.75 Å². The lowest BCUT2D eigenvalue weighted by atomic mass is 9.64. The Morgan fingerprint density at radius 3 is 2.24 bits per heavy atom. The monoisotopic (exact) mass is 447 g/mol. The largest absolute Gasteiger partial charge is 0.493 e. The molecule has 1 heterocycles. The number of halogens is 1. The lowest BCUT2D eigenvalue weighted by Gasteiger charge is -2.38. The number of hydrogen-bond donors (Lipinski definition) is 1. The number of amides is 1. The number of rotatable bonds is 9. The lowest BCUT2D eigenvalue weighted by Crippen LogP contribution is -2.51. The van der Waals surface area contributed by atoms with Gasteiger partial charge in [0.2, 0.25) is 5.91 Å². The van der Waals surface area contributed by atoms with Crippen LogP contribution in [0.4, 0.5) is 4.39 Å². The van der Waals surface area contributed by atoms with Gasteiger partial charge in [-0.25, -0.2) is 4.39 Å². The van der Waals surface area contributed by atoms with E-state index < -0.39 is 5.41 Å². The first-order valence-corrected chi connectivity index (χ1v) is 11.6. The minimum Gasteiger partial charge on any atom is -0.493 e. The summed E-state index contributed by atoms with van der Waals surface area (Å²) in [6.07, 6.45) is 1.76. The van der Waals surface area contributed by atoms with Crippen LogP contribution in [0.25, 0.3) is 0 Å². The first kappa shape index (κ1) is 23.0. The summed E-state index contributed by atoms with van der Waals surface area (Å²) >= 11 is 0. The van der Waals surface area contributed by atoms with Gasteiger partial charge in [0.05, 0.1) is 33.3 Å². The lowest BCUT2D eigenvalue weighted by molar-refractivity contribution is -0.899. The molecule has 0 aromatic heterocycles. The van der Waals surface area contributed by atoms with Gasteiger partial charge < -0.3 is 15.0 Å². The van der Waals surface area contributed by atoms with Crippen molar-refractivity contribution in [3.05, 3.63) is 102 Å². The van der Waals surface area contributed by atoms with Crippen molar-refractivity contribution in [3.63, 3.8) is 0 Å². The van der Waals surface area contributed by atoms with Crippen LogP contribution in [0.15, 0.2) is 84.9 Å². The molecule has 0 spiro atoms. The van der Waals surface area contributed by atoms with E-state index in [1.807, 2.05) is 60.7 Å². The zero-order valence-corrected chi connectivity index (χ0v) is 19.1. The first-order chi connectivity index (χ1) is 15.9. The van der Waals surface area contributed by atoms with Crippen LogP contribution in [-0.4, -0.2) is 43.7 Å². The van der Waals surface area contributed by atoms with Crippen LogP contribution < -0.4 is 10.5 Å². The summed E-state index contributed by atoms with van der Waals surface area (Å²) in [5.74, 6) is 0.0538. The molecule has 33 heavy (non-hydrogen) atoms. The highest BCUT2D eigenvalue weighted by Crippen LogP contribution is 2.45. The summed E-state index contributed by atoms with van der Waals surface area (Å²) < 4.78 is 20.0. The molecule has 3 aromatic rings. The van der Waals surface area contributed by atoms with Crippen LogP contribution in [0.2, 0.25) is 0 Å². The normalized spacial score (nSPS) is 20.5. The number of carbonyl (C=O) groups is 1. The van der Waals surface area contributed by atoms with E-state index in [1.165, 1.54) is 12.1 Å². The predicted molar refractivity (Wildman–Crippen MR) is 128 cm³/mol. The molecule has 0 radical (unpaired) electrons. The first-order valence-electron chi connectivity index (χ1n) is 11.6. The summed E-state index contributed by atoms with van der Waals surface area (Å²) in [6.45, 7) is 3.27. The molecule has 1 unspecified atom stereocenters. The van der Waals surface area contributed by atoms with Crippen LogP contribution in [0.1, 0.15) is 24.0 Å². The van der Waals surface area contributed by atoms with Gasteiger partial charge in [-0.15, -0.1) is 0 Å². The summed E-state index contributed by atoms with van der Waals surface area (Å²) in [4.78, 5) is 13.2. The second-order valence-corrected chi connectivity index (χ2v) is 9.30. The molecule has 0 saturated carbocycles.